The first-order valence-corrected chi connectivity index (χ1v) is 7.26. The standard InChI is InChI=1S/C15H17NO3S/c1-15(2,3)12-7-10(14(17)18)8-13(16-12)20-9-11-5-4-6-19-11/h4-8H,9H2,1-3H3,(H,17,18). The van der Waals surface area contributed by atoms with Gasteiger partial charge in [-0.1, -0.05) is 32.5 Å². The molecule has 0 aliphatic carbocycles. The predicted octanol–water partition coefficient (Wildman–Crippen LogP) is 3.96. The van der Waals surface area contributed by atoms with Crippen LogP contribution in [0.25, 0.3) is 0 Å². The second kappa shape index (κ2) is 5.71. The van der Waals surface area contributed by atoms with E-state index in [2.05, 4.69) is 4.98 Å². The van der Waals surface area contributed by atoms with Crippen LogP contribution in [0.3, 0.4) is 0 Å². The SMILES string of the molecule is CC(C)(C)c1cc(C(=O)O)cc(SCc2ccco2)n1. The monoisotopic (exact) mass is 291 g/mol. The van der Waals surface area contributed by atoms with E-state index in [4.69, 9.17) is 4.42 Å². The summed E-state index contributed by atoms with van der Waals surface area (Å²) >= 11 is 1.47. The Bertz CT molecular complexity index is 600. The molecule has 2 aromatic rings. The van der Waals surface area contributed by atoms with Crippen molar-refractivity contribution in [3.05, 3.63) is 47.5 Å². The number of hydrogen-bond donors (Lipinski definition) is 1. The number of hydrogen-bond acceptors (Lipinski definition) is 4. The molecular weight excluding hydrogens is 274 g/mol. The van der Waals surface area contributed by atoms with Crippen molar-refractivity contribution in [1.82, 2.24) is 4.98 Å². The number of furan rings is 1. The lowest BCUT2D eigenvalue weighted by Crippen LogP contribution is -2.15. The third-order valence-corrected chi connectivity index (χ3v) is 3.69. The van der Waals surface area contributed by atoms with Crippen molar-refractivity contribution in [2.24, 2.45) is 0 Å². The largest absolute Gasteiger partial charge is 0.478 e. The van der Waals surface area contributed by atoms with Crippen molar-refractivity contribution >= 4 is 17.7 Å². The van der Waals surface area contributed by atoms with Crippen molar-refractivity contribution in [3.63, 3.8) is 0 Å². The summed E-state index contributed by atoms with van der Waals surface area (Å²) in [6.07, 6.45) is 1.62. The van der Waals surface area contributed by atoms with Gasteiger partial charge in [0.1, 0.15) is 5.76 Å². The molecule has 2 aromatic heterocycles. The second-order valence-corrected chi connectivity index (χ2v) is 6.50. The highest BCUT2D eigenvalue weighted by atomic mass is 32.2. The number of pyridine rings is 1. The molecule has 0 fully saturated rings. The van der Waals surface area contributed by atoms with Crippen molar-refractivity contribution < 1.29 is 14.3 Å². The Balaban J connectivity index is 2.27. The number of nitrogens with zero attached hydrogens (tertiary/aromatic N) is 1. The molecule has 0 aliphatic rings. The average Bonchev–Trinajstić information content (AvgIpc) is 2.88. The normalized spacial score (nSPS) is 11.6. The van der Waals surface area contributed by atoms with Crippen LogP contribution < -0.4 is 0 Å². The first kappa shape index (κ1) is 14.7. The minimum Gasteiger partial charge on any atom is -0.478 e. The molecule has 0 aromatic carbocycles. The Labute approximate surface area is 122 Å². The van der Waals surface area contributed by atoms with E-state index in [-0.39, 0.29) is 11.0 Å². The summed E-state index contributed by atoms with van der Waals surface area (Å²) in [6.45, 7) is 6.05. The number of aromatic carboxylic acids is 1. The van der Waals surface area contributed by atoms with Gasteiger partial charge in [-0.15, -0.1) is 0 Å². The topological polar surface area (TPSA) is 63.3 Å². The molecule has 0 bridgehead atoms. The van der Waals surface area contributed by atoms with E-state index >= 15 is 0 Å². The van der Waals surface area contributed by atoms with E-state index in [9.17, 15) is 9.90 Å². The third kappa shape index (κ3) is 3.63. The van der Waals surface area contributed by atoms with Gasteiger partial charge in [-0.3, -0.25) is 0 Å². The lowest BCUT2D eigenvalue weighted by Gasteiger charge is -2.19. The van der Waals surface area contributed by atoms with Gasteiger partial charge < -0.3 is 9.52 Å². The van der Waals surface area contributed by atoms with E-state index in [1.54, 1.807) is 18.4 Å². The van der Waals surface area contributed by atoms with Crippen LogP contribution in [0.15, 0.2) is 40.0 Å². The molecule has 0 saturated carbocycles. The molecule has 1 N–H and O–H groups in total. The number of carboxylic acid groups (broad SMARTS) is 1. The van der Waals surface area contributed by atoms with Crippen LogP contribution in [0.1, 0.15) is 42.6 Å². The quantitative estimate of drug-likeness (QED) is 0.864. The van der Waals surface area contributed by atoms with Crippen LogP contribution in [-0.4, -0.2) is 16.1 Å². The molecule has 0 atom stereocenters. The molecule has 0 radical (unpaired) electrons. The van der Waals surface area contributed by atoms with Crippen LogP contribution in [0.5, 0.6) is 0 Å². The predicted molar refractivity (Wildman–Crippen MR) is 78.2 cm³/mol. The highest BCUT2D eigenvalue weighted by molar-refractivity contribution is 7.98. The van der Waals surface area contributed by atoms with E-state index in [1.807, 2.05) is 32.9 Å². The van der Waals surface area contributed by atoms with Gasteiger partial charge >= 0.3 is 5.97 Å². The molecule has 20 heavy (non-hydrogen) atoms. The number of aromatic nitrogens is 1. The van der Waals surface area contributed by atoms with Gasteiger partial charge in [0, 0.05) is 11.1 Å². The summed E-state index contributed by atoms with van der Waals surface area (Å²) in [5.74, 6) is 0.541. The fourth-order valence-corrected chi connectivity index (χ4v) is 2.45. The Morgan fingerprint density at radius 2 is 2.15 bits per heavy atom. The second-order valence-electron chi connectivity index (χ2n) is 5.50. The smallest absolute Gasteiger partial charge is 0.335 e. The number of thioether (sulfide) groups is 1. The molecule has 2 heterocycles. The summed E-state index contributed by atoms with van der Waals surface area (Å²) in [5, 5.41) is 9.90. The minimum absolute atomic E-state index is 0.189. The molecule has 2 rings (SSSR count). The van der Waals surface area contributed by atoms with Crippen molar-refractivity contribution in [3.8, 4) is 0 Å². The van der Waals surface area contributed by atoms with Gasteiger partial charge in [0.05, 0.1) is 22.6 Å². The maximum absolute atomic E-state index is 11.2. The zero-order valence-corrected chi connectivity index (χ0v) is 12.5. The van der Waals surface area contributed by atoms with E-state index < -0.39 is 5.97 Å². The van der Waals surface area contributed by atoms with E-state index in [0.29, 0.717) is 10.8 Å². The van der Waals surface area contributed by atoms with Crippen LogP contribution in [-0.2, 0) is 11.2 Å². The third-order valence-electron chi connectivity index (χ3n) is 2.76. The highest BCUT2D eigenvalue weighted by Gasteiger charge is 2.19. The molecule has 106 valence electrons. The van der Waals surface area contributed by atoms with Crippen LogP contribution in [0.2, 0.25) is 0 Å². The van der Waals surface area contributed by atoms with Crippen molar-refractivity contribution in [2.75, 3.05) is 0 Å². The zero-order chi connectivity index (χ0) is 14.8. The summed E-state index contributed by atoms with van der Waals surface area (Å²) in [4.78, 5) is 15.8. The molecule has 0 aliphatic heterocycles. The van der Waals surface area contributed by atoms with Gasteiger partial charge in [0.15, 0.2) is 0 Å². The average molecular weight is 291 g/mol. The zero-order valence-electron chi connectivity index (χ0n) is 11.7. The molecule has 4 nitrogen and oxygen atoms in total. The molecule has 0 unspecified atom stereocenters. The lowest BCUT2D eigenvalue weighted by atomic mass is 9.91. The van der Waals surface area contributed by atoms with Crippen LogP contribution in [0.4, 0.5) is 0 Å². The van der Waals surface area contributed by atoms with Gasteiger partial charge in [0.25, 0.3) is 0 Å². The maximum atomic E-state index is 11.2. The first-order chi connectivity index (χ1) is 9.36. The maximum Gasteiger partial charge on any atom is 0.335 e. The fraction of sp³-hybridized carbons (Fsp3) is 0.333. The van der Waals surface area contributed by atoms with E-state index in [0.717, 1.165) is 11.5 Å². The molecular formula is C15H17NO3S. The number of rotatable bonds is 4. The van der Waals surface area contributed by atoms with E-state index in [1.165, 1.54) is 11.8 Å². The van der Waals surface area contributed by atoms with Gasteiger partial charge in [-0.2, -0.15) is 0 Å². The molecule has 5 heteroatoms. The number of carbonyl (C=O) groups is 1. The number of carboxylic acids is 1. The Morgan fingerprint density at radius 3 is 2.70 bits per heavy atom. The summed E-state index contributed by atoms with van der Waals surface area (Å²) < 4.78 is 5.27. The Morgan fingerprint density at radius 1 is 1.40 bits per heavy atom. The summed E-state index contributed by atoms with van der Waals surface area (Å²) in [7, 11) is 0. The van der Waals surface area contributed by atoms with Gasteiger partial charge in [0.2, 0.25) is 0 Å². The highest BCUT2D eigenvalue weighted by Crippen LogP contribution is 2.27. The fourth-order valence-electron chi connectivity index (χ4n) is 1.63. The van der Waals surface area contributed by atoms with Crippen molar-refractivity contribution in [1.29, 1.82) is 0 Å². The molecule has 0 saturated heterocycles. The molecule has 0 amide bonds. The van der Waals surface area contributed by atoms with Crippen molar-refractivity contribution in [2.45, 2.75) is 37.0 Å². The van der Waals surface area contributed by atoms with Crippen LogP contribution >= 0.6 is 11.8 Å². The summed E-state index contributed by atoms with van der Waals surface area (Å²) in [5.41, 5.74) is 0.858. The first-order valence-electron chi connectivity index (χ1n) is 6.27. The summed E-state index contributed by atoms with van der Waals surface area (Å²) in [6, 6.07) is 6.96. The molecule has 0 spiro atoms. The Kier molecular flexibility index (Phi) is 4.18. The minimum atomic E-state index is -0.933. The Hall–Kier alpha value is -1.75. The van der Waals surface area contributed by atoms with Gasteiger partial charge in [-0.25, -0.2) is 9.78 Å². The van der Waals surface area contributed by atoms with Gasteiger partial charge in [-0.05, 0) is 24.3 Å². The lowest BCUT2D eigenvalue weighted by molar-refractivity contribution is 0.0696. The van der Waals surface area contributed by atoms with Crippen LogP contribution in [0, 0.1) is 0 Å².